The Morgan fingerprint density at radius 1 is 1.12 bits per heavy atom. The van der Waals surface area contributed by atoms with Crippen LogP contribution in [0.15, 0.2) is 36.4 Å². The van der Waals surface area contributed by atoms with E-state index in [2.05, 4.69) is 10.6 Å². The van der Waals surface area contributed by atoms with Crippen molar-refractivity contribution in [1.82, 2.24) is 10.6 Å². The summed E-state index contributed by atoms with van der Waals surface area (Å²) in [4.78, 5) is 35.0. The molecule has 0 aromatic heterocycles. The van der Waals surface area contributed by atoms with Crippen molar-refractivity contribution in [3.05, 3.63) is 42.0 Å². The van der Waals surface area contributed by atoms with Gasteiger partial charge in [-0.25, -0.2) is 9.59 Å². The summed E-state index contributed by atoms with van der Waals surface area (Å²) in [6.45, 7) is -0.608. The molecule has 0 saturated heterocycles. The van der Waals surface area contributed by atoms with Crippen LogP contribution in [0.2, 0.25) is 0 Å². The van der Waals surface area contributed by atoms with Crippen molar-refractivity contribution in [3.63, 3.8) is 0 Å². The molecule has 3 amide bonds. The van der Waals surface area contributed by atoms with Gasteiger partial charge in [0, 0.05) is 11.4 Å². The standard InChI is InChI=1S/C17H16N2O5/c20-14(19-17(23)18-11-6-7-11)9-24-16(22)13-8-5-10-3-1-2-4-12(10)15(13)21/h1-5,8,11,21H,6-7,9H2,(H2,18,19,20,23). The maximum absolute atomic E-state index is 12.0. The first-order valence-corrected chi connectivity index (χ1v) is 7.53. The van der Waals surface area contributed by atoms with Crippen molar-refractivity contribution in [2.45, 2.75) is 18.9 Å². The van der Waals surface area contributed by atoms with Gasteiger partial charge >= 0.3 is 12.0 Å². The number of amides is 3. The normalized spacial score (nSPS) is 13.3. The quantitative estimate of drug-likeness (QED) is 0.741. The van der Waals surface area contributed by atoms with Gasteiger partial charge in [-0.15, -0.1) is 0 Å². The van der Waals surface area contributed by atoms with Crippen molar-refractivity contribution in [1.29, 1.82) is 0 Å². The van der Waals surface area contributed by atoms with E-state index in [1.165, 1.54) is 6.07 Å². The number of carbonyl (C=O) groups excluding carboxylic acids is 3. The molecule has 24 heavy (non-hydrogen) atoms. The number of hydrogen-bond acceptors (Lipinski definition) is 5. The molecule has 0 radical (unpaired) electrons. The number of rotatable bonds is 4. The third-order valence-electron chi connectivity index (χ3n) is 3.62. The van der Waals surface area contributed by atoms with Gasteiger partial charge in [-0.3, -0.25) is 10.1 Å². The van der Waals surface area contributed by atoms with Gasteiger partial charge in [0.15, 0.2) is 6.61 Å². The molecular formula is C17H16N2O5. The Kier molecular flexibility index (Phi) is 4.33. The van der Waals surface area contributed by atoms with E-state index in [1.54, 1.807) is 24.3 Å². The Balaban J connectivity index is 1.59. The molecule has 1 aliphatic carbocycles. The molecule has 3 N–H and O–H groups in total. The zero-order valence-corrected chi connectivity index (χ0v) is 12.7. The van der Waals surface area contributed by atoms with Crippen LogP contribution in [0.4, 0.5) is 4.79 Å². The molecule has 0 unspecified atom stereocenters. The van der Waals surface area contributed by atoms with Crippen LogP contribution < -0.4 is 10.6 Å². The Bertz CT molecular complexity index is 814. The molecule has 0 spiro atoms. The zero-order chi connectivity index (χ0) is 17.1. The van der Waals surface area contributed by atoms with E-state index in [4.69, 9.17) is 4.74 Å². The number of fused-ring (bicyclic) bond motifs is 1. The largest absolute Gasteiger partial charge is 0.506 e. The van der Waals surface area contributed by atoms with E-state index < -0.39 is 24.5 Å². The van der Waals surface area contributed by atoms with E-state index in [-0.39, 0.29) is 17.4 Å². The number of phenols is 1. The SMILES string of the molecule is O=C(COC(=O)c1ccc2ccccc2c1O)NC(=O)NC1CC1. The number of carbonyl (C=O) groups is 3. The number of urea groups is 1. The van der Waals surface area contributed by atoms with E-state index in [1.807, 2.05) is 6.07 Å². The number of aromatic hydroxyl groups is 1. The maximum Gasteiger partial charge on any atom is 0.342 e. The Hall–Kier alpha value is -3.09. The molecule has 2 aromatic carbocycles. The molecule has 0 heterocycles. The Labute approximate surface area is 137 Å². The summed E-state index contributed by atoms with van der Waals surface area (Å²) < 4.78 is 4.85. The predicted molar refractivity (Wildman–Crippen MR) is 85.6 cm³/mol. The fourth-order valence-corrected chi connectivity index (χ4v) is 2.24. The van der Waals surface area contributed by atoms with E-state index in [9.17, 15) is 19.5 Å². The molecule has 0 atom stereocenters. The summed E-state index contributed by atoms with van der Waals surface area (Å²) in [5, 5.41) is 16.1. The van der Waals surface area contributed by atoms with Crippen molar-refractivity contribution in [2.24, 2.45) is 0 Å². The van der Waals surface area contributed by atoms with Gasteiger partial charge in [0.1, 0.15) is 11.3 Å². The zero-order valence-electron chi connectivity index (χ0n) is 12.7. The summed E-state index contributed by atoms with van der Waals surface area (Å²) in [5.41, 5.74) is -0.0380. The van der Waals surface area contributed by atoms with Gasteiger partial charge in [-0.1, -0.05) is 30.3 Å². The Morgan fingerprint density at radius 3 is 2.62 bits per heavy atom. The van der Waals surface area contributed by atoms with Crippen molar-refractivity contribution >= 4 is 28.7 Å². The van der Waals surface area contributed by atoms with Crippen LogP contribution in [-0.2, 0) is 9.53 Å². The van der Waals surface area contributed by atoms with Crippen molar-refractivity contribution < 1.29 is 24.2 Å². The molecule has 1 fully saturated rings. The molecule has 2 aromatic rings. The molecular weight excluding hydrogens is 312 g/mol. The highest BCUT2D eigenvalue weighted by Crippen LogP contribution is 2.28. The highest BCUT2D eigenvalue weighted by atomic mass is 16.5. The molecule has 1 aliphatic rings. The van der Waals surface area contributed by atoms with Crippen LogP contribution in [0.1, 0.15) is 23.2 Å². The molecule has 1 saturated carbocycles. The van der Waals surface area contributed by atoms with Crippen LogP contribution in [0.5, 0.6) is 5.75 Å². The lowest BCUT2D eigenvalue weighted by molar-refractivity contribution is -0.123. The number of esters is 1. The monoisotopic (exact) mass is 328 g/mol. The van der Waals surface area contributed by atoms with Crippen molar-refractivity contribution in [3.8, 4) is 5.75 Å². The van der Waals surface area contributed by atoms with Gasteiger partial charge in [-0.05, 0) is 24.3 Å². The number of benzene rings is 2. The lowest BCUT2D eigenvalue weighted by Crippen LogP contribution is -2.42. The summed E-state index contributed by atoms with van der Waals surface area (Å²) >= 11 is 0. The van der Waals surface area contributed by atoms with Gasteiger partial charge < -0.3 is 15.2 Å². The lowest BCUT2D eigenvalue weighted by Gasteiger charge is -2.09. The molecule has 7 nitrogen and oxygen atoms in total. The van der Waals surface area contributed by atoms with Crippen LogP contribution >= 0.6 is 0 Å². The first-order chi connectivity index (χ1) is 11.5. The number of nitrogens with one attached hydrogen (secondary N) is 2. The first kappa shape index (κ1) is 15.8. The number of imide groups is 1. The second kappa shape index (κ2) is 6.57. The highest BCUT2D eigenvalue weighted by Gasteiger charge is 2.24. The van der Waals surface area contributed by atoms with E-state index >= 15 is 0 Å². The minimum atomic E-state index is -0.837. The number of hydrogen-bond donors (Lipinski definition) is 3. The van der Waals surface area contributed by atoms with Gasteiger partial charge in [0.05, 0.1) is 0 Å². The van der Waals surface area contributed by atoms with E-state index in [0.717, 1.165) is 18.2 Å². The van der Waals surface area contributed by atoms with Gasteiger partial charge in [-0.2, -0.15) is 0 Å². The van der Waals surface area contributed by atoms with Crippen LogP contribution in [0, 0.1) is 0 Å². The second-order valence-corrected chi connectivity index (χ2v) is 5.55. The molecule has 0 aliphatic heterocycles. The average Bonchev–Trinajstić information content (AvgIpc) is 3.37. The van der Waals surface area contributed by atoms with Crippen LogP contribution in [-0.4, -0.2) is 35.7 Å². The first-order valence-electron chi connectivity index (χ1n) is 7.53. The minimum Gasteiger partial charge on any atom is -0.506 e. The number of ether oxygens (including phenoxy) is 1. The minimum absolute atomic E-state index is 0.0380. The topological polar surface area (TPSA) is 105 Å². The van der Waals surface area contributed by atoms with Gasteiger partial charge in [0.2, 0.25) is 0 Å². The van der Waals surface area contributed by atoms with E-state index in [0.29, 0.717) is 5.39 Å². The molecule has 124 valence electrons. The summed E-state index contributed by atoms with van der Waals surface area (Å²) in [6.07, 6.45) is 1.80. The summed E-state index contributed by atoms with van der Waals surface area (Å²) in [7, 11) is 0. The summed E-state index contributed by atoms with van der Waals surface area (Å²) in [5.74, 6) is -1.78. The average molecular weight is 328 g/mol. The fourth-order valence-electron chi connectivity index (χ4n) is 2.24. The van der Waals surface area contributed by atoms with Crippen molar-refractivity contribution in [2.75, 3.05) is 6.61 Å². The lowest BCUT2D eigenvalue weighted by atomic mass is 10.1. The predicted octanol–water partition coefficient (Wildman–Crippen LogP) is 1.69. The van der Waals surface area contributed by atoms with Gasteiger partial charge in [0.25, 0.3) is 5.91 Å². The fraction of sp³-hybridized carbons (Fsp3) is 0.235. The highest BCUT2D eigenvalue weighted by molar-refractivity contribution is 6.02. The number of phenolic OH excluding ortho intramolecular Hbond substituents is 1. The molecule has 3 rings (SSSR count). The van der Waals surface area contributed by atoms with Crippen LogP contribution in [0.25, 0.3) is 10.8 Å². The van der Waals surface area contributed by atoms with Crippen LogP contribution in [0.3, 0.4) is 0 Å². The third-order valence-corrected chi connectivity index (χ3v) is 3.62. The molecule has 0 bridgehead atoms. The third kappa shape index (κ3) is 3.62. The maximum atomic E-state index is 12.0. The summed E-state index contributed by atoms with van der Waals surface area (Å²) in [6, 6.07) is 9.65. The Morgan fingerprint density at radius 2 is 1.88 bits per heavy atom. The molecule has 7 heteroatoms. The second-order valence-electron chi connectivity index (χ2n) is 5.55. The smallest absolute Gasteiger partial charge is 0.342 e.